The van der Waals surface area contributed by atoms with Crippen molar-refractivity contribution in [1.29, 1.82) is 0 Å². The van der Waals surface area contributed by atoms with Crippen molar-refractivity contribution in [1.82, 2.24) is 20.0 Å². The molecule has 0 spiro atoms. The number of hydrogen-bond donors (Lipinski definition) is 1. The van der Waals surface area contributed by atoms with Gasteiger partial charge >= 0.3 is 0 Å². The van der Waals surface area contributed by atoms with Gasteiger partial charge in [-0.05, 0) is 32.4 Å². The first-order valence-electron chi connectivity index (χ1n) is 6.28. The van der Waals surface area contributed by atoms with Gasteiger partial charge in [-0.15, -0.1) is 0 Å². The van der Waals surface area contributed by atoms with Crippen LogP contribution in [0.3, 0.4) is 0 Å². The maximum absolute atomic E-state index is 12.1. The Kier molecular flexibility index (Phi) is 4.14. The zero-order valence-corrected chi connectivity index (χ0v) is 10.3. The van der Waals surface area contributed by atoms with Crippen LogP contribution in [0.4, 0.5) is 0 Å². The minimum absolute atomic E-state index is 0.143. The summed E-state index contributed by atoms with van der Waals surface area (Å²) in [6, 6.07) is 2.30. The summed E-state index contributed by atoms with van der Waals surface area (Å²) in [5, 5.41) is 7.48. The molecule has 0 aliphatic carbocycles. The lowest BCUT2D eigenvalue weighted by Crippen LogP contribution is -2.42. The summed E-state index contributed by atoms with van der Waals surface area (Å²) in [4.78, 5) is 14.0. The van der Waals surface area contributed by atoms with Gasteiger partial charge in [0, 0.05) is 31.5 Å². The lowest BCUT2D eigenvalue weighted by Gasteiger charge is -2.24. The average molecular weight is 236 g/mol. The standard InChI is InChI=1S/C12H20N4O/c1-2-15(9-11-5-3-6-13-11)12(17)10-16-8-4-7-14-16/h4,7-8,11,13H,2-3,5-6,9-10H2,1H3. The van der Waals surface area contributed by atoms with Gasteiger partial charge in [0.25, 0.3) is 0 Å². The molecule has 1 atom stereocenters. The zero-order valence-electron chi connectivity index (χ0n) is 10.3. The molecule has 1 aliphatic rings. The van der Waals surface area contributed by atoms with Crippen LogP contribution in [0.2, 0.25) is 0 Å². The number of rotatable bonds is 5. The molecular formula is C12H20N4O. The quantitative estimate of drug-likeness (QED) is 0.809. The summed E-state index contributed by atoms with van der Waals surface area (Å²) in [5.74, 6) is 0.143. The molecule has 1 aliphatic heterocycles. The highest BCUT2D eigenvalue weighted by molar-refractivity contribution is 5.75. The third-order valence-electron chi connectivity index (χ3n) is 3.19. The van der Waals surface area contributed by atoms with Crippen LogP contribution in [0.15, 0.2) is 18.5 Å². The molecule has 0 aromatic carbocycles. The Bertz CT molecular complexity index is 343. The van der Waals surface area contributed by atoms with Gasteiger partial charge in [0.2, 0.25) is 5.91 Å². The molecule has 0 saturated carbocycles. The van der Waals surface area contributed by atoms with Crippen molar-refractivity contribution >= 4 is 5.91 Å². The molecule has 5 heteroatoms. The average Bonchev–Trinajstić information content (AvgIpc) is 2.97. The fourth-order valence-corrected chi connectivity index (χ4v) is 2.22. The Labute approximate surface area is 102 Å². The Hall–Kier alpha value is -1.36. The van der Waals surface area contributed by atoms with E-state index in [1.54, 1.807) is 10.9 Å². The van der Waals surface area contributed by atoms with Crippen molar-refractivity contribution in [3.63, 3.8) is 0 Å². The highest BCUT2D eigenvalue weighted by Crippen LogP contribution is 2.07. The van der Waals surface area contributed by atoms with Gasteiger partial charge in [-0.1, -0.05) is 0 Å². The summed E-state index contributed by atoms with van der Waals surface area (Å²) in [7, 11) is 0. The Balaban J connectivity index is 1.86. The number of nitrogens with one attached hydrogen (secondary N) is 1. The molecule has 0 radical (unpaired) electrons. The molecular weight excluding hydrogens is 216 g/mol. The van der Waals surface area contributed by atoms with E-state index in [0.29, 0.717) is 12.6 Å². The predicted octanol–water partition coefficient (Wildman–Crippen LogP) is 0.484. The molecule has 2 rings (SSSR count). The number of aromatic nitrogens is 2. The van der Waals surface area contributed by atoms with E-state index in [9.17, 15) is 4.79 Å². The SMILES string of the molecule is CCN(CC1CCCN1)C(=O)Cn1cccn1. The number of amides is 1. The van der Waals surface area contributed by atoms with Crippen molar-refractivity contribution in [2.75, 3.05) is 19.6 Å². The molecule has 1 aromatic heterocycles. The zero-order chi connectivity index (χ0) is 12.1. The van der Waals surface area contributed by atoms with Crippen molar-refractivity contribution in [3.05, 3.63) is 18.5 Å². The maximum atomic E-state index is 12.1. The summed E-state index contributed by atoms with van der Waals surface area (Å²) in [6.07, 6.45) is 5.91. The Morgan fingerprint density at radius 2 is 2.53 bits per heavy atom. The molecule has 1 N–H and O–H groups in total. The van der Waals surface area contributed by atoms with Crippen LogP contribution < -0.4 is 5.32 Å². The fourth-order valence-electron chi connectivity index (χ4n) is 2.22. The lowest BCUT2D eigenvalue weighted by molar-refractivity contribution is -0.132. The van der Waals surface area contributed by atoms with E-state index in [2.05, 4.69) is 10.4 Å². The Morgan fingerprint density at radius 1 is 1.65 bits per heavy atom. The minimum Gasteiger partial charge on any atom is -0.340 e. The summed E-state index contributed by atoms with van der Waals surface area (Å²) < 4.78 is 1.67. The first-order chi connectivity index (χ1) is 8.29. The van der Waals surface area contributed by atoms with Crippen LogP contribution in [0.1, 0.15) is 19.8 Å². The number of nitrogens with zero attached hydrogens (tertiary/aromatic N) is 3. The van der Waals surface area contributed by atoms with Gasteiger partial charge in [-0.2, -0.15) is 5.10 Å². The highest BCUT2D eigenvalue weighted by Gasteiger charge is 2.20. The first-order valence-corrected chi connectivity index (χ1v) is 6.28. The summed E-state index contributed by atoms with van der Waals surface area (Å²) in [5.41, 5.74) is 0. The third-order valence-corrected chi connectivity index (χ3v) is 3.19. The van der Waals surface area contributed by atoms with Crippen LogP contribution in [0.25, 0.3) is 0 Å². The summed E-state index contributed by atoms with van der Waals surface area (Å²) in [6.45, 7) is 5.02. The molecule has 1 unspecified atom stereocenters. The number of carbonyl (C=O) groups excluding carboxylic acids is 1. The smallest absolute Gasteiger partial charge is 0.244 e. The Morgan fingerprint density at radius 3 is 3.12 bits per heavy atom. The highest BCUT2D eigenvalue weighted by atomic mass is 16.2. The van der Waals surface area contributed by atoms with Crippen molar-refractivity contribution < 1.29 is 4.79 Å². The number of carbonyl (C=O) groups is 1. The van der Waals surface area contributed by atoms with Gasteiger partial charge in [0.05, 0.1) is 0 Å². The molecule has 1 saturated heterocycles. The summed E-state index contributed by atoms with van der Waals surface area (Å²) >= 11 is 0. The van der Waals surface area contributed by atoms with E-state index >= 15 is 0 Å². The molecule has 17 heavy (non-hydrogen) atoms. The maximum Gasteiger partial charge on any atom is 0.244 e. The van der Waals surface area contributed by atoms with Crippen molar-refractivity contribution in [2.45, 2.75) is 32.4 Å². The number of likely N-dealkylation sites (N-methyl/N-ethyl adjacent to an activating group) is 1. The lowest BCUT2D eigenvalue weighted by atomic mass is 10.2. The molecule has 1 aromatic rings. The molecule has 94 valence electrons. The first kappa shape index (κ1) is 12.1. The van der Waals surface area contributed by atoms with Crippen molar-refractivity contribution in [2.24, 2.45) is 0 Å². The van der Waals surface area contributed by atoms with Crippen LogP contribution in [0, 0.1) is 0 Å². The van der Waals surface area contributed by atoms with Gasteiger partial charge in [0.15, 0.2) is 0 Å². The minimum atomic E-state index is 0.143. The van der Waals surface area contributed by atoms with Crippen LogP contribution in [-0.2, 0) is 11.3 Å². The monoisotopic (exact) mass is 236 g/mol. The van der Waals surface area contributed by atoms with E-state index in [1.807, 2.05) is 24.1 Å². The fraction of sp³-hybridized carbons (Fsp3) is 0.667. The van der Waals surface area contributed by atoms with Gasteiger partial charge in [-0.3, -0.25) is 9.48 Å². The number of hydrogen-bond acceptors (Lipinski definition) is 3. The van der Waals surface area contributed by atoms with Crippen molar-refractivity contribution in [3.8, 4) is 0 Å². The van der Waals surface area contributed by atoms with E-state index in [4.69, 9.17) is 0 Å². The van der Waals surface area contributed by atoms with Gasteiger partial charge in [-0.25, -0.2) is 0 Å². The van der Waals surface area contributed by atoms with E-state index in [-0.39, 0.29) is 5.91 Å². The predicted molar refractivity (Wildman–Crippen MR) is 65.5 cm³/mol. The second kappa shape index (κ2) is 5.82. The van der Waals surface area contributed by atoms with Crippen LogP contribution in [-0.4, -0.2) is 46.3 Å². The topological polar surface area (TPSA) is 50.2 Å². The van der Waals surface area contributed by atoms with Crippen LogP contribution in [0.5, 0.6) is 0 Å². The normalized spacial score (nSPS) is 19.5. The van der Waals surface area contributed by atoms with Crippen LogP contribution >= 0.6 is 0 Å². The molecule has 1 amide bonds. The van der Waals surface area contributed by atoms with E-state index < -0.39 is 0 Å². The van der Waals surface area contributed by atoms with Gasteiger partial charge in [0.1, 0.15) is 6.54 Å². The molecule has 0 bridgehead atoms. The van der Waals surface area contributed by atoms with E-state index in [0.717, 1.165) is 19.6 Å². The molecule has 5 nitrogen and oxygen atoms in total. The third kappa shape index (κ3) is 3.30. The second-order valence-corrected chi connectivity index (χ2v) is 4.43. The largest absolute Gasteiger partial charge is 0.340 e. The molecule has 2 heterocycles. The second-order valence-electron chi connectivity index (χ2n) is 4.43. The van der Waals surface area contributed by atoms with E-state index in [1.165, 1.54) is 12.8 Å². The molecule has 1 fully saturated rings. The van der Waals surface area contributed by atoms with Gasteiger partial charge < -0.3 is 10.2 Å².